The van der Waals surface area contributed by atoms with E-state index in [0.29, 0.717) is 6.61 Å². The second-order valence-electron chi connectivity index (χ2n) is 2.76. The molecule has 1 N–H and O–H groups in total. The Bertz CT molecular complexity index is 251. The van der Waals surface area contributed by atoms with Crippen molar-refractivity contribution in [2.24, 2.45) is 0 Å². The van der Waals surface area contributed by atoms with E-state index in [-0.39, 0.29) is 0 Å². The Labute approximate surface area is 78.4 Å². The van der Waals surface area contributed by atoms with Crippen LogP contribution in [0.2, 0.25) is 0 Å². The number of rotatable bonds is 4. The lowest BCUT2D eigenvalue weighted by atomic mass is 10.4. The Hall–Kier alpha value is -1.16. The van der Waals surface area contributed by atoms with Crippen molar-refractivity contribution in [3.05, 3.63) is 17.6 Å². The molecular weight excluding hydrogens is 166 g/mol. The number of nitrogens with zero attached hydrogens (tertiary/aromatic N) is 2. The minimum atomic E-state index is 0.530. The minimum Gasteiger partial charge on any atom is -0.378 e. The summed E-state index contributed by atoms with van der Waals surface area (Å²) in [5, 5.41) is 3.14. The Balaban J connectivity index is 2.83. The standard InChI is InChI=1S/C9H15N3O/c1-4-10-9-5-8(6-13-3)11-7(2)12-9/h5H,4,6H2,1-3H3,(H,10,11,12). The van der Waals surface area contributed by atoms with Gasteiger partial charge in [-0.1, -0.05) is 0 Å². The molecule has 1 heterocycles. The molecule has 4 nitrogen and oxygen atoms in total. The van der Waals surface area contributed by atoms with Crippen molar-refractivity contribution >= 4 is 5.82 Å². The van der Waals surface area contributed by atoms with Crippen LogP contribution in [0.1, 0.15) is 18.4 Å². The number of nitrogens with one attached hydrogen (secondary N) is 1. The van der Waals surface area contributed by atoms with Gasteiger partial charge in [-0.15, -0.1) is 0 Å². The molecule has 1 rings (SSSR count). The SMILES string of the molecule is CCNc1cc(COC)nc(C)n1. The van der Waals surface area contributed by atoms with E-state index < -0.39 is 0 Å². The number of anilines is 1. The molecule has 0 aliphatic carbocycles. The predicted octanol–water partition coefficient (Wildman–Crippen LogP) is 1.36. The van der Waals surface area contributed by atoms with E-state index in [4.69, 9.17) is 4.74 Å². The summed E-state index contributed by atoms with van der Waals surface area (Å²) in [6.45, 7) is 5.30. The number of hydrogen-bond donors (Lipinski definition) is 1. The third kappa shape index (κ3) is 2.99. The second-order valence-corrected chi connectivity index (χ2v) is 2.76. The highest BCUT2D eigenvalue weighted by atomic mass is 16.5. The van der Waals surface area contributed by atoms with Crippen LogP contribution in [0, 0.1) is 6.92 Å². The minimum absolute atomic E-state index is 0.530. The summed E-state index contributed by atoms with van der Waals surface area (Å²) in [6, 6.07) is 1.90. The average molecular weight is 181 g/mol. The molecule has 0 atom stereocenters. The van der Waals surface area contributed by atoms with Gasteiger partial charge in [0.15, 0.2) is 0 Å². The zero-order valence-corrected chi connectivity index (χ0v) is 8.29. The van der Waals surface area contributed by atoms with E-state index in [9.17, 15) is 0 Å². The molecular formula is C9H15N3O. The molecule has 0 bridgehead atoms. The Morgan fingerprint density at radius 3 is 2.85 bits per heavy atom. The fourth-order valence-corrected chi connectivity index (χ4v) is 1.12. The molecule has 1 aromatic heterocycles. The van der Waals surface area contributed by atoms with Crippen molar-refractivity contribution in [1.82, 2.24) is 9.97 Å². The van der Waals surface area contributed by atoms with Gasteiger partial charge in [0.05, 0.1) is 12.3 Å². The summed E-state index contributed by atoms with van der Waals surface area (Å²) < 4.78 is 5.00. The number of ether oxygens (including phenoxy) is 1. The highest BCUT2D eigenvalue weighted by Crippen LogP contribution is 2.06. The first kappa shape index (κ1) is 9.92. The first-order valence-electron chi connectivity index (χ1n) is 4.33. The maximum atomic E-state index is 5.00. The monoisotopic (exact) mass is 181 g/mol. The van der Waals surface area contributed by atoms with Gasteiger partial charge in [-0.05, 0) is 13.8 Å². The maximum Gasteiger partial charge on any atom is 0.130 e. The largest absolute Gasteiger partial charge is 0.378 e. The lowest BCUT2D eigenvalue weighted by molar-refractivity contribution is 0.181. The van der Waals surface area contributed by atoms with Gasteiger partial charge >= 0.3 is 0 Å². The third-order valence-electron chi connectivity index (χ3n) is 1.54. The summed E-state index contributed by atoms with van der Waals surface area (Å²) >= 11 is 0. The summed E-state index contributed by atoms with van der Waals surface area (Å²) in [5.41, 5.74) is 0.908. The van der Waals surface area contributed by atoms with Crippen molar-refractivity contribution in [3.63, 3.8) is 0 Å². The van der Waals surface area contributed by atoms with E-state index in [2.05, 4.69) is 15.3 Å². The Kier molecular flexibility index (Phi) is 3.64. The first-order valence-corrected chi connectivity index (χ1v) is 4.33. The molecule has 0 fully saturated rings. The van der Waals surface area contributed by atoms with E-state index >= 15 is 0 Å². The van der Waals surface area contributed by atoms with E-state index in [1.54, 1.807) is 7.11 Å². The van der Waals surface area contributed by atoms with E-state index in [1.807, 2.05) is 19.9 Å². The fraction of sp³-hybridized carbons (Fsp3) is 0.556. The molecule has 0 spiro atoms. The van der Waals surface area contributed by atoms with Crippen LogP contribution in [0.3, 0.4) is 0 Å². The van der Waals surface area contributed by atoms with Gasteiger partial charge < -0.3 is 10.1 Å². The van der Waals surface area contributed by atoms with Crippen LogP contribution in [0.25, 0.3) is 0 Å². The van der Waals surface area contributed by atoms with Crippen LogP contribution in [0.5, 0.6) is 0 Å². The molecule has 0 radical (unpaired) electrons. The van der Waals surface area contributed by atoms with Crippen LogP contribution < -0.4 is 5.32 Å². The molecule has 0 aliphatic rings. The molecule has 0 saturated heterocycles. The lowest BCUT2D eigenvalue weighted by Crippen LogP contribution is -2.04. The smallest absolute Gasteiger partial charge is 0.130 e. The van der Waals surface area contributed by atoms with E-state index in [0.717, 1.165) is 23.9 Å². The zero-order valence-electron chi connectivity index (χ0n) is 8.29. The highest BCUT2D eigenvalue weighted by Gasteiger charge is 1.99. The van der Waals surface area contributed by atoms with Crippen molar-refractivity contribution in [3.8, 4) is 0 Å². The van der Waals surface area contributed by atoms with Crippen LogP contribution >= 0.6 is 0 Å². The van der Waals surface area contributed by atoms with Crippen molar-refractivity contribution in [2.75, 3.05) is 19.0 Å². The topological polar surface area (TPSA) is 47.0 Å². The van der Waals surface area contributed by atoms with Crippen LogP contribution in [0.15, 0.2) is 6.07 Å². The van der Waals surface area contributed by atoms with Gasteiger partial charge in [0.2, 0.25) is 0 Å². The van der Waals surface area contributed by atoms with Gasteiger partial charge in [-0.2, -0.15) is 0 Å². The highest BCUT2D eigenvalue weighted by molar-refractivity contribution is 5.35. The van der Waals surface area contributed by atoms with E-state index in [1.165, 1.54) is 0 Å². The van der Waals surface area contributed by atoms with Gasteiger partial charge in [0.25, 0.3) is 0 Å². The lowest BCUT2D eigenvalue weighted by Gasteiger charge is -2.05. The fourth-order valence-electron chi connectivity index (χ4n) is 1.12. The molecule has 0 saturated carbocycles. The Morgan fingerprint density at radius 2 is 2.23 bits per heavy atom. The number of hydrogen-bond acceptors (Lipinski definition) is 4. The maximum absolute atomic E-state index is 5.00. The molecule has 4 heteroatoms. The normalized spacial score (nSPS) is 10.1. The quantitative estimate of drug-likeness (QED) is 0.762. The van der Waals surface area contributed by atoms with Crippen molar-refractivity contribution < 1.29 is 4.74 Å². The summed E-state index contributed by atoms with van der Waals surface area (Å²) in [6.07, 6.45) is 0. The summed E-state index contributed by atoms with van der Waals surface area (Å²) in [4.78, 5) is 8.46. The number of aryl methyl sites for hydroxylation is 1. The summed E-state index contributed by atoms with van der Waals surface area (Å²) in [5.74, 6) is 1.63. The van der Waals surface area contributed by atoms with Crippen LogP contribution in [-0.4, -0.2) is 23.6 Å². The van der Waals surface area contributed by atoms with Crippen LogP contribution in [0.4, 0.5) is 5.82 Å². The molecule has 0 aliphatic heterocycles. The molecule has 0 unspecified atom stereocenters. The van der Waals surface area contributed by atoms with Gasteiger partial charge in [-0.25, -0.2) is 9.97 Å². The van der Waals surface area contributed by atoms with Crippen LogP contribution in [-0.2, 0) is 11.3 Å². The number of aromatic nitrogens is 2. The predicted molar refractivity (Wildman–Crippen MR) is 51.6 cm³/mol. The third-order valence-corrected chi connectivity index (χ3v) is 1.54. The van der Waals surface area contributed by atoms with Gasteiger partial charge in [0, 0.05) is 19.7 Å². The van der Waals surface area contributed by atoms with Crippen molar-refractivity contribution in [1.29, 1.82) is 0 Å². The van der Waals surface area contributed by atoms with Gasteiger partial charge in [-0.3, -0.25) is 0 Å². The summed E-state index contributed by atoms with van der Waals surface area (Å²) in [7, 11) is 1.66. The molecule has 0 amide bonds. The zero-order chi connectivity index (χ0) is 9.68. The number of methoxy groups -OCH3 is 1. The second kappa shape index (κ2) is 4.77. The van der Waals surface area contributed by atoms with Gasteiger partial charge in [0.1, 0.15) is 11.6 Å². The first-order chi connectivity index (χ1) is 6.26. The average Bonchev–Trinajstić information content (AvgIpc) is 2.04. The molecule has 0 aromatic carbocycles. The molecule has 1 aromatic rings. The van der Waals surface area contributed by atoms with Crippen molar-refractivity contribution in [2.45, 2.75) is 20.5 Å². The Morgan fingerprint density at radius 1 is 1.46 bits per heavy atom. The molecule has 72 valence electrons. The molecule has 13 heavy (non-hydrogen) atoms.